The fourth-order valence-corrected chi connectivity index (χ4v) is 13.3. The van der Waals surface area contributed by atoms with Gasteiger partial charge in [0.25, 0.3) is 0 Å². The number of nitrogens with zero attached hydrogens (tertiary/aromatic N) is 4. The van der Waals surface area contributed by atoms with Crippen molar-refractivity contribution >= 4 is 43.6 Å². The maximum absolute atomic E-state index is 15.0. The van der Waals surface area contributed by atoms with Crippen LogP contribution in [0.4, 0.5) is 119 Å². The average Bonchev–Trinajstić information content (AvgIpc) is 1.55. The van der Waals surface area contributed by atoms with E-state index in [9.17, 15) is 76.4 Å². The molecule has 0 aliphatic heterocycles. The van der Waals surface area contributed by atoms with Gasteiger partial charge in [0, 0.05) is 32.7 Å². The van der Waals surface area contributed by atoms with Gasteiger partial charge in [-0.2, -0.15) is 129 Å². The minimum absolute atomic E-state index is 0.183. The summed E-state index contributed by atoms with van der Waals surface area (Å²) in [6.07, 6.45) is -48.6. The highest BCUT2D eigenvalue weighted by Gasteiger charge is 2.44. The number of rotatable bonds is 8. The summed E-state index contributed by atoms with van der Waals surface area (Å²) in [7, 11) is 0. The molecule has 0 bridgehead atoms. The lowest BCUT2D eigenvalue weighted by Crippen LogP contribution is -2.12. The molecule has 0 atom stereocenters. The molecule has 0 N–H and O–H groups in total. The Balaban J connectivity index is 1.16. The third-order valence-electron chi connectivity index (χ3n) is 18.1. The number of hydrogen-bond donors (Lipinski definition) is 0. The van der Waals surface area contributed by atoms with Gasteiger partial charge in [-0.1, -0.05) is 66.7 Å². The van der Waals surface area contributed by atoms with Gasteiger partial charge < -0.3 is 9.13 Å². The summed E-state index contributed by atoms with van der Waals surface area (Å²) >= 11 is 0. The summed E-state index contributed by atoms with van der Waals surface area (Å²) in [5.41, 5.74) is -24.9. The van der Waals surface area contributed by atoms with Crippen molar-refractivity contribution in [3.05, 3.63) is 261 Å². The van der Waals surface area contributed by atoms with Gasteiger partial charge in [-0.05, 0) is 189 Å². The summed E-state index contributed by atoms with van der Waals surface area (Å²) in [6, 6.07) is 27.4. The van der Waals surface area contributed by atoms with Crippen LogP contribution in [0.1, 0.15) is 61.2 Å². The Hall–Kier alpha value is -11.9. The highest BCUT2D eigenvalue weighted by Crippen LogP contribution is 2.52. The molecule has 0 saturated heterocycles. The van der Waals surface area contributed by atoms with Crippen molar-refractivity contribution in [3.63, 3.8) is 0 Å². The molecule has 0 spiro atoms. The Morgan fingerprint density at radius 1 is 0.222 bits per heavy atom. The van der Waals surface area contributed by atoms with Gasteiger partial charge in [0.15, 0.2) is 0 Å². The molecule has 13 rings (SSSR count). The summed E-state index contributed by atoms with van der Waals surface area (Å²) < 4.78 is 395. The highest BCUT2D eigenvalue weighted by molar-refractivity contribution is 6.14. The van der Waals surface area contributed by atoms with Gasteiger partial charge in [-0.25, -0.2) is 0 Å². The van der Waals surface area contributed by atoms with Gasteiger partial charge >= 0.3 is 55.6 Å². The fraction of sp³-hybridized carbons (Fsp3) is 0.117. The Bertz CT molecular complexity index is 5680. The summed E-state index contributed by atoms with van der Waals surface area (Å²) in [6.45, 7) is 0. The molecular weight excluding hydrogens is 1490 g/mol. The molecule has 0 aliphatic rings. The van der Waals surface area contributed by atoms with E-state index in [0.29, 0.717) is 60.7 Å². The normalized spacial score (nSPS) is 13.1. The topological polar surface area (TPSA) is 57.4 Å². The first-order chi connectivity index (χ1) is 50.1. The monoisotopic (exact) mass is 1530 g/mol. The molecule has 0 radical (unpaired) electrons. The second-order valence-electron chi connectivity index (χ2n) is 24.5. The molecule has 2 heterocycles. The molecule has 2 aromatic heterocycles. The Kier molecular flexibility index (Phi) is 17.5. The van der Waals surface area contributed by atoms with E-state index in [1.165, 1.54) is 45.5 Å². The molecule has 13 aromatic rings. The lowest BCUT2D eigenvalue weighted by atomic mass is 9.91. The van der Waals surface area contributed by atoms with Gasteiger partial charge in [-0.3, -0.25) is 0 Å². The lowest BCUT2D eigenvalue weighted by Gasteiger charge is -2.21. The molecule has 4 nitrogen and oxygen atoms in total. The van der Waals surface area contributed by atoms with Crippen LogP contribution < -0.4 is 0 Å². The van der Waals surface area contributed by atoms with Gasteiger partial charge in [0.2, 0.25) is 0 Å². The molecule has 0 unspecified atom stereocenters. The zero-order valence-electron chi connectivity index (χ0n) is 53.0. The third-order valence-corrected chi connectivity index (χ3v) is 18.1. The first-order valence-corrected chi connectivity index (χ1v) is 30.8. The van der Waals surface area contributed by atoms with Gasteiger partial charge in [0.05, 0.1) is 107 Å². The number of benzene rings is 11. The molecule has 0 aliphatic carbocycles. The van der Waals surface area contributed by atoms with Gasteiger partial charge in [-0.15, -0.1) is 0 Å². The van der Waals surface area contributed by atoms with Crippen LogP contribution in [0.2, 0.25) is 0 Å². The van der Waals surface area contributed by atoms with E-state index in [2.05, 4.69) is 0 Å². The van der Waals surface area contributed by atoms with Crippen LogP contribution in [0.15, 0.2) is 200 Å². The Morgan fingerprint density at radius 3 is 0.778 bits per heavy atom. The Labute approximate surface area is 587 Å². The van der Waals surface area contributed by atoms with Crippen molar-refractivity contribution in [3.8, 4) is 90.3 Å². The maximum Gasteiger partial charge on any atom is 0.417 e. The van der Waals surface area contributed by atoms with Crippen LogP contribution in [-0.4, -0.2) is 9.13 Å². The molecule has 108 heavy (non-hydrogen) atoms. The summed E-state index contributed by atoms with van der Waals surface area (Å²) in [5.74, 6) is 0. The number of aromatic nitrogens is 2. The SMILES string of the molecule is N#Cc1cc(C(F)(F)F)ccc1-c1ccc(-n2c3ccc(-c4ccc(C(F)(F)F)cc4C(F)(F)F)cc3c3cc(-c4ccc(C(F)(F)F)cc4C(F)(F)F)ccc32)c(-c2c(C#N)cccc2-n2c3ccc(-c4ccc(C(F)(F)F)cc4C(F)(F)F)cc3c3cc(-c4ccc(C(F)(F)F)cc4C(F)(F)F)ccc32)c1. The molecule has 550 valence electrons. The zero-order chi connectivity index (χ0) is 78.5. The first kappa shape index (κ1) is 74.4. The number of halogens is 27. The number of fused-ring (bicyclic) bond motifs is 6. The van der Waals surface area contributed by atoms with Gasteiger partial charge in [0.1, 0.15) is 0 Å². The quantitative estimate of drug-likeness (QED) is 0.142. The predicted molar refractivity (Wildman–Crippen MR) is 342 cm³/mol. The minimum atomic E-state index is -5.55. The molecule has 0 amide bonds. The smallest absolute Gasteiger partial charge is 0.309 e. The second kappa shape index (κ2) is 25.4. The lowest BCUT2D eigenvalue weighted by molar-refractivity contribution is -0.144. The van der Waals surface area contributed by atoms with Crippen molar-refractivity contribution in [2.24, 2.45) is 0 Å². The van der Waals surface area contributed by atoms with E-state index >= 15 is 52.7 Å². The fourth-order valence-electron chi connectivity index (χ4n) is 13.3. The second-order valence-corrected chi connectivity index (χ2v) is 24.5. The van der Waals surface area contributed by atoms with Crippen LogP contribution >= 0.6 is 0 Å². The van der Waals surface area contributed by atoms with Crippen LogP contribution in [0, 0.1) is 22.7 Å². The van der Waals surface area contributed by atoms with Crippen LogP contribution in [-0.2, 0) is 55.6 Å². The molecule has 0 saturated carbocycles. The summed E-state index contributed by atoms with van der Waals surface area (Å²) in [4.78, 5) is 0. The van der Waals surface area contributed by atoms with E-state index in [1.54, 1.807) is 6.07 Å². The van der Waals surface area contributed by atoms with Crippen molar-refractivity contribution < 1.29 is 119 Å². The van der Waals surface area contributed by atoms with E-state index in [0.717, 1.165) is 78.9 Å². The van der Waals surface area contributed by atoms with E-state index in [1.807, 2.05) is 6.07 Å². The molecule has 31 heteroatoms. The molecular formula is C77H33F27N4. The predicted octanol–water partition coefficient (Wildman–Crippen LogP) is 26.8. The van der Waals surface area contributed by atoms with Crippen LogP contribution in [0.3, 0.4) is 0 Å². The first-order valence-electron chi connectivity index (χ1n) is 30.8. The zero-order valence-corrected chi connectivity index (χ0v) is 53.0. The highest BCUT2D eigenvalue weighted by atomic mass is 19.4. The third kappa shape index (κ3) is 13.5. The number of alkyl halides is 27. The molecule has 11 aromatic carbocycles. The summed E-state index contributed by atoms with van der Waals surface area (Å²) in [5, 5.41) is 20.7. The van der Waals surface area contributed by atoms with Crippen LogP contribution in [0.25, 0.3) is 122 Å². The van der Waals surface area contributed by atoms with Crippen molar-refractivity contribution in [2.45, 2.75) is 55.6 Å². The Morgan fingerprint density at radius 2 is 0.491 bits per heavy atom. The number of nitriles is 2. The largest absolute Gasteiger partial charge is 0.417 e. The van der Waals surface area contributed by atoms with Crippen molar-refractivity contribution in [1.29, 1.82) is 10.5 Å². The minimum Gasteiger partial charge on any atom is -0.309 e. The number of hydrogen-bond acceptors (Lipinski definition) is 2. The van der Waals surface area contributed by atoms with Crippen molar-refractivity contribution in [1.82, 2.24) is 9.13 Å². The van der Waals surface area contributed by atoms with E-state index < -0.39 is 161 Å². The van der Waals surface area contributed by atoms with Crippen molar-refractivity contribution in [2.75, 3.05) is 0 Å². The van der Waals surface area contributed by atoms with Crippen LogP contribution in [0.5, 0.6) is 0 Å². The average molecular weight is 1530 g/mol. The standard InChI is InChI=1S/C77H33F27N4/c78-69(79,80)43-9-14-48(42(24-43)35-106)36-4-23-66(107-62-19-5-37(49-15-10-44(70(81,82)83)30-58(49)74(93,94)95)25-53(62)54-26-38(6-20-63(54)107)50-16-11-45(71(84,85)86)31-59(50)75(96,97)98)57(29-36)68-41(34-105)2-1-3-67(68)108-64-21-7-39(51-17-12-46(72(87,88)89)32-60(51)76(99,100)101)27-55(64)56-28-40(8-22-65(56)108)52-18-13-47(73(90,91)92)33-61(52)77(102,103)104/h1-33H. The molecule has 0 fully saturated rings. The maximum atomic E-state index is 15.0. The van der Waals surface area contributed by atoms with E-state index in [-0.39, 0.29) is 102 Å². The van der Waals surface area contributed by atoms with E-state index in [4.69, 9.17) is 0 Å².